The van der Waals surface area contributed by atoms with E-state index in [4.69, 9.17) is 18.9 Å². The topological polar surface area (TPSA) is 77.5 Å². The van der Waals surface area contributed by atoms with Gasteiger partial charge in [-0.1, -0.05) is 133 Å². The normalized spacial score (nSPS) is 20.5. The van der Waals surface area contributed by atoms with Crippen LogP contribution in [0.3, 0.4) is 0 Å². The second-order valence-electron chi connectivity index (χ2n) is 13.5. The van der Waals surface area contributed by atoms with Crippen LogP contribution in [0, 0.1) is 0 Å². The average molecular weight is 693 g/mol. The van der Waals surface area contributed by atoms with E-state index in [-0.39, 0.29) is 0 Å². The molecule has 0 N–H and O–H groups in total. The molecule has 8 heteroatoms. The maximum atomic E-state index is 13.5. The number of hydrogen-bond donors (Lipinski definition) is 0. The molecule has 2 fully saturated rings. The molecule has 2 heterocycles. The van der Waals surface area contributed by atoms with E-state index in [9.17, 15) is 9.59 Å². The minimum Gasteiger partial charge on any atom is -0.485 e. The first-order valence-corrected chi connectivity index (χ1v) is 17.8. The number of ether oxygens (including phenoxy) is 4. The summed E-state index contributed by atoms with van der Waals surface area (Å²) in [5.74, 6) is -0.677. The van der Waals surface area contributed by atoms with Gasteiger partial charge in [0, 0.05) is 50.0 Å². The Bertz CT molecular complexity index is 1990. The van der Waals surface area contributed by atoms with Gasteiger partial charge >= 0.3 is 11.9 Å². The summed E-state index contributed by atoms with van der Waals surface area (Å²) >= 11 is 0. The summed E-state index contributed by atoms with van der Waals surface area (Å²) in [6, 6.07) is 48.1. The first-order valence-electron chi connectivity index (χ1n) is 17.8. The van der Waals surface area contributed by atoms with E-state index < -0.39 is 36.4 Å². The van der Waals surface area contributed by atoms with Gasteiger partial charge in [-0.05, 0) is 34.0 Å². The van der Waals surface area contributed by atoms with E-state index in [2.05, 4.69) is 34.1 Å². The third kappa shape index (κ3) is 7.64. The van der Waals surface area contributed by atoms with Crippen molar-refractivity contribution in [3.05, 3.63) is 157 Å². The summed E-state index contributed by atoms with van der Waals surface area (Å²) in [7, 11) is 0. The van der Waals surface area contributed by atoms with Crippen LogP contribution in [0.2, 0.25) is 0 Å². The highest BCUT2D eigenvalue weighted by Gasteiger charge is 2.42. The highest BCUT2D eigenvalue weighted by Crippen LogP contribution is 2.31. The van der Waals surface area contributed by atoms with Crippen LogP contribution in [0.1, 0.15) is 11.1 Å². The second-order valence-corrected chi connectivity index (χ2v) is 13.5. The molecule has 4 unspecified atom stereocenters. The number of carbonyl (C=O) groups excluding carboxylic acids is 2. The molecule has 0 saturated carbocycles. The second kappa shape index (κ2) is 15.3. The first kappa shape index (κ1) is 33.4. The summed E-state index contributed by atoms with van der Waals surface area (Å²) in [5, 5.41) is 4.04. The molecule has 6 aromatic rings. The molecule has 4 atom stereocenters. The molecular formula is C44H40N2O6. The van der Waals surface area contributed by atoms with Gasteiger partial charge in [0.05, 0.1) is 0 Å². The SMILES string of the molecule is O=C(OC1CN(Cc2ccccc2)CC1Oc1cccc2ccccc12)C(=O)OC1CN(Cc2ccccc2)CC1Oc1cccc2ccccc12. The van der Waals surface area contributed by atoms with Crippen LogP contribution in [-0.4, -0.2) is 72.3 Å². The molecule has 0 amide bonds. The molecule has 52 heavy (non-hydrogen) atoms. The Kier molecular flexibility index (Phi) is 9.82. The lowest BCUT2D eigenvalue weighted by molar-refractivity contribution is -0.176. The van der Waals surface area contributed by atoms with Crippen LogP contribution in [0.5, 0.6) is 11.5 Å². The fraction of sp³-hybridized carbons (Fsp3) is 0.227. The summed E-state index contributed by atoms with van der Waals surface area (Å²) in [6.45, 7) is 3.16. The Balaban J connectivity index is 0.989. The maximum Gasteiger partial charge on any atom is 0.417 e. The summed E-state index contributed by atoms with van der Waals surface area (Å²) < 4.78 is 25.0. The lowest BCUT2D eigenvalue weighted by Crippen LogP contribution is -2.40. The van der Waals surface area contributed by atoms with Crippen molar-refractivity contribution in [3.8, 4) is 11.5 Å². The predicted octanol–water partition coefficient (Wildman–Crippen LogP) is 7.04. The van der Waals surface area contributed by atoms with E-state index in [0.29, 0.717) is 50.8 Å². The molecule has 2 aliphatic heterocycles. The highest BCUT2D eigenvalue weighted by atomic mass is 16.6. The van der Waals surface area contributed by atoms with E-state index in [0.717, 1.165) is 32.7 Å². The molecular weight excluding hydrogens is 652 g/mol. The fourth-order valence-electron chi connectivity index (χ4n) is 7.33. The van der Waals surface area contributed by atoms with Gasteiger partial charge in [-0.2, -0.15) is 0 Å². The molecule has 0 spiro atoms. The largest absolute Gasteiger partial charge is 0.485 e. The molecule has 2 saturated heterocycles. The molecule has 0 bridgehead atoms. The molecule has 8 rings (SSSR count). The Morgan fingerprint density at radius 1 is 0.442 bits per heavy atom. The van der Waals surface area contributed by atoms with Crippen molar-refractivity contribution < 1.29 is 28.5 Å². The minimum absolute atomic E-state index is 0.407. The first-order chi connectivity index (χ1) is 25.6. The van der Waals surface area contributed by atoms with Crippen molar-refractivity contribution in [2.24, 2.45) is 0 Å². The zero-order chi connectivity index (χ0) is 35.3. The van der Waals surface area contributed by atoms with Crippen molar-refractivity contribution in [1.82, 2.24) is 9.80 Å². The van der Waals surface area contributed by atoms with Crippen LogP contribution in [0.4, 0.5) is 0 Å². The van der Waals surface area contributed by atoms with Crippen molar-refractivity contribution in [2.75, 3.05) is 26.2 Å². The van der Waals surface area contributed by atoms with Gasteiger partial charge in [0.1, 0.15) is 23.7 Å². The molecule has 0 aromatic heterocycles. The Morgan fingerprint density at radius 2 is 0.808 bits per heavy atom. The number of esters is 2. The van der Waals surface area contributed by atoms with Gasteiger partial charge in [-0.15, -0.1) is 0 Å². The summed E-state index contributed by atoms with van der Waals surface area (Å²) in [5.41, 5.74) is 2.27. The third-order valence-electron chi connectivity index (χ3n) is 9.82. The molecule has 262 valence electrons. The van der Waals surface area contributed by atoms with Gasteiger partial charge < -0.3 is 18.9 Å². The van der Waals surface area contributed by atoms with Gasteiger partial charge in [0.15, 0.2) is 12.2 Å². The number of hydrogen-bond acceptors (Lipinski definition) is 8. The molecule has 2 aliphatic rings. The smallest absolute Gasteiger partial charge is 0.417 e. The lowest BCUT2D eigenvalue weighted by Gasteiger charge is -2.23. The van der Waals surface area contributed by atoms with Gasteiger partial charge in [0.25, 0.3) is 0 Å². The summed E-state index contributed by atoms with van der Waals surface area (Å²) in [4.78, 5) is 31.5. The molecule has 8 nitrogen and oxygen atoms in total. The number of carbonyl (C=O) groups is 2. The monoisotopic (exact) mass is 692 g/mol. The number of nitrogens with zero attached hydrogens (tertiary/aromatic N) is 2. The molecule has 0 radical (unpaired) electrons. The van der Waals surface area contributed by atoms with Crippen molar-refractivity contribution in [2.45, 2.75) is 37.5 Å². The minimum atomic E-state index is -1.04. The Labute approximate surface area is 303 Å². The quantitative estimate of drug-likeness (QED) is 0.112. The van der Waals surface area contributed by atoms with Crippen LogP contribution in [-0.2, 0) is 32.2 Å². The molecule has 0 aliphatic carbocycles. The number of fused-ring (bicyclic) bond motifs is 2. The molecule has 6 aromatic carbocycles. The van der Waals surface area contributed by atoms with E-state index >= 15 is 0 Å². The number of rotatable bonds is 10. The van der Waals surface area contributed by atoms with Gasteiger partial charge in [0.2, 0.25) is 0 Å². The highest BCUT2D eigenvalue weighted by molar-refractivity contribution is 6.29. The van der Waals surface area contributed by atoms with Gasteiger partial charge in [-0.3, -0.25) is 9.80 Å². The van der Waals surface area contributed by atoms with Gasteiger partial charge in [-0.25, -0.2) is 9.59 Å². The zero-order valence-electron chi connectivity index (χ0n) is 28.8. The van der Waals surface area contributed by atoms with Crippen LogP contribution < -0.4 is 9.47 Å². The maximum absolute atomic E-state index is 13.5. The average Bonchev–Trinajstić information content (AvgIpc) is 3.73. The predicted molar refractivity (Wildman–Crippen MR) is 200 cm³/mol. The van der Waals surface area contributed by atoms with Crippen LogP contribution in [0.15, 0.2) is 146 Å². The summed E-state index contributed by atoms with van der Waals surface area (Å²) in [6.07, 6.45) is -2.38. The van der Waals surface area contributed by atoms with E-state index in [1.54, 1.807) is 0 Å². The Morgan fingerprint density at radius 3 is 1.25 bits per heavy atom. The van der Waals surface area contributed by atoms with Crippen molar-refractivity contribution >= 4 is 33.5 Å². The third-order valence-corrected chi connectivity index (χ3v) is 9.82. The van der Waals surface area contributed by atoms with Crippen molar-refractivity contribution in [1.29, 1.82) is 0 Å². The van der Waals surface area contributed by atoms with Crippen LogP contribution in [0.25, 0.3) is 21.5 Å². The van der Waals surface area contributed by atoms with Crippen molar-refractivity contribution in [3.63, 3.8) is 0 Å². The van der Waals surface area contributed by atoms with E-state index in [1.807, 2.05) is 121 Å². The van der Waals surface area contributed by atoms with Crippen LogP contribution >= 0.6 is 0 Å². The van der Waals surface area contributed by atoms with E-state index in [1.165, 1.54) is 0 Å². The number of benzene rings is 6. The fourth-order valence-corrected chi connectivity index (χ4v) is 7.33. The lowest BCUT2D eigenvalue weighted by atomic mass is 10.1. The Hall–Kier alpha value is -5.70. The zero-order valence-corrected chi connectivity index (χ0v) is 28.8. The number of likely N-dealkylation sites (tertiary alicyclic amines) is 2. The standard InChI is InChI=1S/C44H40N2O6/c47-43(51-41-29-45(25-31-13-3-1-4-14-31)27-39(41)49-37-23-11-19-33-17-7-9-21-35(33)37)44(48)52-42-30-46(26-32-15-5-2-6-16-32)28-40(42)50-38-24-12-20-34-18-8-10-22-36(34)38/h1-24,39-42H,25-30H2.